The molecule has 0 radical (unpaired) electrons. The minimum atomic E-state index is 0.672. The second-order valence-corrected chi connectivity index (χ2v) is 6.53. The van der Waals surface area contributed by atoms with Crippen LogP contribution < -0.4 is 0 Å². The fraction of sp³-hybridized carbons (Fsp3) is 0. The summed E-state index contributed by atoms with van der Waals surface area (Å²) in [7, 11) is 0. The Bertz CT molecular complexity index is 1220. The van der Waals surface area contributed by atoms with Gasteiger partial charge in [0.1, 0.15) is 4.60 Å². The van der Waals surface area contributed by atoms with E-state index in [0.29, 0.717) is 5.95 Å². The number of fused-ring (bicyclic) bond motifs is 5. The first-order valence-corrected chi connectivity index (χ1v) is 8.52. The maximum atomic E-state index is 4.56. The van der Waals surface area contributed by atoms with E-state index in [9.17, 15) is 0 Å². The molecular formula is C20H12BrN3. The number of halogens is 1. The maximum absolute atomic E-state index is 4.56. The molecule has 0 amide bonds. The lowest BCUT2D eigenvalue weighted by atomic mass is 10.0. The van der Waals surface area contributed by atoms with Crippen molar-refractivity contribution in [2.45, 2.75) is 0 Å². The van der Waals surface area contributed by atoms with Crippen molar-refractivity contribution in [1.82, 2.24) is 14.5 Å². The smallest absolute Gasteiger partial charge is 0.235 e. The molecule has 114 valence electrons. The molecule has 0 bridgehead atoms. The number of nitrogens with zero attached hydrogens (tertiary/aromatic N) is 3. The Morgan fingerprint density at radius 1 is 0.750 bits per heavy atom. The standard InChI is InChI=1S/C20H12BrN3/c21-18-11-12-22-20(23-18)24-16-8-4-3-7-15(16)19-14-6-2-1-5-13(14)9-10-17(19)24/h1-12H. The van der Waals surface area contributed by atoms with E-state index in [0.717, 1.165) is 15.6 Å². The number of benzene rings is 3. The summed E-state index contributed by atoms with van der Waals surface area (Å²) in [6, 6.07) is 23.1. The van der Waals surface area contributed by atoms with Gasteiger partial charge >= 0.3 is 0 Å². The minimum absolute atomic E-state index is 0.672. The zero-order valence-corrected chi connectivity index (χ0v) is 14.2. The van der Waals surface area contributed by atoms with Crippen molar-refractivity contribution in [2.24, 2.45) is 0 Å². The predicted octanol–water partition coefficient (Wildman–Crippen LogP) is 5.49. The van der Waals surface area contributed by atoms with Crippen LogP contribution in [0.15, 0.2) is 77.5 Å². The molecule has 0 saturated heterocycles. The van der Waals surface area contributed by atoms with E-state index in [-0.39, 0.29) is 0 Å². The Hall–Kier alpha value is -2.72. The third kappa shape index (κ3) is 1.90. The zero-order chi connectivity index (χ0) is 16.1. The van der Waals surface area contributed by atoms with Gasteiger partial charge in [0.05, 0.1) is 11.0 Å². The van der Waals surface area contributed by atoms with Crippen LogP contribution in [0.2, 0.25) is 0 Å². The Kier molecular flexibility index (Phi) is 2.94. The fourth-order valence-corrected chi connectivity index (χ4v) is 3.67. The lowest BCUT2D eigenvalue weighted by molar-refractivity contribution is 0.976. The van der Waals surface area contributed by atoms with Crippen LogP contribution in [0, 0.1) is 0 Å². The summed E-state index contributed by atoms with van der Waals surface area (Å²) in [5.41, 5.74) is 2.23. The average molecular weight is 374 g/mol. The molecule has 2 heterocycles. The molecule has 0 spiro atoms. The van der Waals surface area contributed by atoms with Gasteiger partial charge in [-0.25, -0.2) is 9.97 Å². The number of hydrogen-bond acceptors (Lipinski definition) is 2. The zero-order valence-electron chi connectivity index (χ0n) is 12.6. The summed E-state index contributed by atoms with van der Waals surface area (Å²) >= 11 is 3.45. The van der Waals surface area contributed by atoms with Crippen LogP contribution in [-0.4, -0.2) is 14.5 Å². The van der Waals surface area contributed by atoms with Gasteiger partial charge in [-0.15, -0.1) is 0 Å². The molecule has 0 saturated carbocycles. The van der Waals surface area contributed by atoms with Crippen LogP contribution in [0.5, 0.6) is 0 Å². The van der Waals surface area contributed by atoms with Crippen molar-refractivity contribution in [2.75, 3.05) is 0 Å². The van der Waals surface area contributed by atoms with Crippen LogP contribution >= 0.6 is 15.9 Å². The van der Waals surface area contributed by atoms with Gasteiger partial charge in [-0.1, -0.05) is 48.5 Å². The van der Waals surface area contributed by atoms with Crippen LogP contribution in [0.1, 0.15) is 0 Å². The molecule has 24 heavy (non-hydrogen) atoms. The van der Waals surface area contributed by atoms with Crippen molar-refractivity contribution in [3.05, 3.63) is 77.5 Å². The topological polar surface area (TPSA) is 30.7 Å². The Morgan fingerprint density at radius 2 is 1.54 bits per heavy atom. The summed E-state index contributed by atoms with van der Waals surface area (Å²) in [6.45, 7) is 0. The van der Waals surface area contributed by atoms with Crippen molar-refractivity contribution >= 4 is 48.5 Å². The lowest BCUT2D eigenvalue weighted by Gasteiger charge is -2.06. The monoisotopic (exact) mass is 373 g/mol. The quantitative estimate of drug-likeness (QED) is 0.363. The Balaban J connectivity index is 2.04. The SMILES string of the molecule is Brc1ccnc(-n2c3ccccc3c3c4ccccc4ccc32)n1. The van der Waals surface area contributed by atoms with Crippen LogP contribution in [-0.2, 0) is 0 Å². The van der Waals surface area contributed by atoms with Gasteiger partial charge in [0.25, 0.3) is 0 Å². The van der Waals surface area contributed by atoms with Crippen molar-refractivity contribution < 1.29 is 0 Å². The number of hydrogen-bond donors (Lipinski definition) is 0. The first-order valence-electron chi connectivity index (χ1n) is 7.73. The first-order chi connectivity index (χ1) is 11.8. The molecule has 0 aliphatic heterocycles. The molecular weight excluding hydrogens is 362 g/mol. The van der Waals surface area contributed by atoms with Crippen LogP contribution in [0.4, 0.5) is 0 Å². The molecule has 5 rings (SSSR count). The average Bonchev–Trinajstić information content (AvgIpc) is 2.96. The van der Waals surface area contributed by atoms with E-state index in [4.69, 9.17) is 0 Å². The van der Waals surface area contributed by atoms with Crippen molar-refractivity contribution in [3.8, 4) is 5.95 Å². The summed E-state index contributed by atoms with van der Waals surface area (Å²) < 4.78 is 2.90. The number of para-hydroxylation sites is 1. The molecule has 0 aliphatic rings. The molecule has 3 aromatic carbocycles. The van der Waals surface area contributed by atoms with Gasteiger partial charge in [-0.3, -0.25) is 4.57 Å². The van der Waals surface area contributed by atoms with Crippen molar-refractivity contribution in [1.29, 1.82) is 0 Å². The highest BCUT2D eigenvalue weighted by Crippen LogP contribution is 2.35. The van der Waals surface area contributed by atoms with E-state index in [1.165, 1.54) is 21.5 Å². The predicted molar refractivity (Wildman–Crippen MR) is 102 cm³/mol. The summed E-state index contributed by atoms with van der Waals surface area (Å²) in [5, 5.41) is 4.95. The van der Waals surface area contributed by atoms with E-state index in [1.54, 1.807) is 6.20 Å². The van der Waals surface area contributed by atoms with Gasteiger partial charge in [0.2, 0.25) is 5.95 Å². The third-order valence-electron chi connectivity index (χ3n) is 4.37. The second-order valence-electron chi connectivity index (χ2n) is 5.71. The lowest BCUT2D eigenvalue weighted by Crippen LogP contribution is -2.00. The van der Waals surface area contributed by atoms with Gasteiger partial charge in [-0.2, -0.15) is 0 Å². The van der Waals surface area contributed by atoms with Gasteiger partial charge in [0, 0.05) is 17.0 Å². The van der Waals surface area contributed by atoms with E-state index < -0.39 is 0 Å². The minimum Gasteiger partial charge on any atom is -0.278 e. The normalized spacial score (nSPS) is 11.5. The molecule has 0 N–H and O–H groups in total. The largest absolute Gasteiger partial charge is 0.278 e. The third-order valence-corrected chi connectivity index (χ3v) is 4.81. The highest BCUT2D eigenvalue weighted by Gasteiger charge is 2.15. The number of aromatic nitrogens is 3. The summed E-state index contributed by atoms with van der Waals surface area (Å²) in [6.07, 6.45) is 1.77. The molecule has 4 heteroatoms. The molecule has 0 atom stereocenters. The van der Waals surface area contributed by atoms with Gasteiger partial charge in [-0.05, 0) is 44.9 Å². The summed E-state index contributed by atoms with van der Waals surface area (Å²) in [5.74, 6) is 0.672. The highest BCUT2D eigenvalue weighted by atomic mass is 79.9. The van der Waals surface area contributed by atoms with Crippen molar-refractivity contribution in [3.63, 3.8) is 0 Å². The van der Waals surface area contributed by atoms with Crippen LogP contribution in [0.25, 0.3) is 38.5 Å². The molecule has 0 aliphatic carbocycles. The van der Waals surface area contributed by atoms with Crippen LogP contribution in [0.3, 0.4) is 0 Å². The summed E-state index contributed by atoms with van der Waals surface area (Å²) in [4.78, 5) is 9.05. The molecule has 0 fully saturated rings. The van der Waals surface area contributed by atoms with E-state index in [1.807, 2.05) is 6.07 Å². The number of rotatable bonds is 1. The molecule has 3 nitrogen and oxygen atoms in total. The maximum Gasteiger partial charge on any atom is 0.235 e. The van der Waals surface area contributed by atoms with Gasteiger partial charge < -0.3 is 0 Å². The fourth-order valence-electron chi connectivity index (χ4n) is 3.39. The van der Waals surface area contributed by atoms with Gasteiger partial charge in [0.15, 0.2) is 0 Å². The molecule has 2 aromatic heterocycles. The Morgan fingerprint density at radius 3 is 2.42 bits per heavy atom. The second kappa shape index (κ2) is 5.14. The molecule has 5 aromatic rings. The highest BCUT2D eigenvalue weighted by molar-refractivity contribution is 9.10. The van der Waals surface area contributed by atoms with E-state index >= 15 is 0 Å². The first kappa shape index (κ1) is 13.7. The molecule has 0 unspecified atom stereocenters. The van der Waals surface area contributed by atoms with E-state index in [2.05, 4.69) is 91.1 Å². The Labute approximate surface area is 146 Å².